The van der Waals surface area contributed by atoms with Crippen molar-refractivity contribution in [3.63, 3.8) is 0 Å². The largest absolute Gasteiger partial charge is 0.396 e. The molecule has 2 rings (SSSR count). The van der Waals surface area contributed by atoms with E-state index in [1.54, 1.807) is 22.6 Å². The van der Waals surface area contributed by atoms with E-state index in [2.05, 4.69) is 5.10 Å². The Balaban J connectivity index is 0.000000745. The average Bonchev–Trinajstić information content (AvgIpc) is 2.91. The second-order valence-electron chi connectivity index (χ2n) is 4.97. The number of halogens is 3. The third-order valence-electron chi connectivity index (χ3n) is 2.85. The average molecular weight is 331 g/mol. The van der Waals surface area contributed by atoms with Crippen LogP contribution < -0.4 is 5.73 Å². The standard InChI is InChI=1S/C13H14F3N3.C2H6S/c1-7(2)19-6-8(5-18-19)9-3-11(14)12(17)4-10(9)13(15)16;1-3-2/h3-7,13H,17H2,1-2H3;1-2H3. The van der Waals surface area contributed by atoms with E-state index >= 15 is 0 Å². The molecule has 0 aliphatic carbocycles. The molecule has 0 aliphatic heterocycles. The highest BCUT2D eigenvalue weighted by molar-refractivity contribution is 7.97. The molecule has 1 aromatic heterocycles. The van der Waals surface area contributed by atoms with Crippen LogP contribution >= 0.6 is 11.8 Å². The molecule has 0 aliphatic rings. The molecule has 3 nitrogen and oxygen atoms in total. The second kappa shape index (κ2) is 8.12. The summed E-state index contributed by atoms with van der Waals surface area (Å²) in [5, 5.41) is 4.06. The first-order valence-corrected chi connectivity index (χ1v) is 8.26. The molecule has 0 saturated heterocycles. The van der Waals surface area contributed by atoms with Crippen molar-refractivity contribution < 1.29 is 13.2 Å². The summed E-state index contributed by atoms with van der Waals surface area (Å²) in [6.07, 6.45) is 4.42. The lowest BCUT2D eigenvalue weighted by atomic mass is 10.0. The molecule has 0 saturated carbocycles. The number of alkyl halides is 2. The third kappa shape index (κ3) is 4.43. The lowest BCUT2D eigenvalue weighted by molar-refractivity contribution is 0.152. The lowest BCUT2D eigenvalue weighted by Gasteiger charge is -2.09. The Kier molecular flexibility index (Phi) is 6.80. The van der Waals surface area contributed by atoms with E-state index in [-0.39, 0.29) is 22.9 Å². The summed E-state index contributed by atoms with van der Waals surface area (Å²) in [5.74, 6) is -0.711. The first kappa shape index (κ1) is 18.4. The van der Waals surface area contributed by atoms with E-state index in [1.807, 2.05) is 26.4 Å². The molecule has 0 unspecified atom stereocenters. The van der Waals surface area contributed by atoms with Gasteiger partial charge in [-0.25, -0.2) is 13.2 Å². The molecule has 122 valence electrons. The van der Waals surface area contributed by atoms with Gasteiger partial charge in [0.15, 0.2) is 0 Å². The number of hydrogen-bond donors (Lipinski definition) is 1. The number of rotatable bonds is 3. The van der Waals surface area contributed by atoms with Crippen LogP contribution in [0, 0.1) is 5.82 Å². The predicted molar refractivity (Wildman–Crippen MR) is 86.8 cm³/mol. The quantitative estimate of drug-likeness (QED) is 0.824. The maximum atomic E-state index is 13.5. The van der Waals surface area contributed by atoms with Crippen molar-refractivity contribution in [2.45, 2.75) is 26.3 Å². The van der Waals surface area contributed by atoms with Crippen molar-refractivity contribution in [1.29, 1.82) is 0 Å². The number of nitrogen functional groups attached to an aromatic ring is 1. The van der Waals surface area contributed by atoms with E-state index in [1.165, 1.54) is 6.20 Å². The number of thioether (sulfide) groups is 1. The Morgan fingerprint density at radius 3 is 2.27 bits per heavy atom. The van der Waals surface area contributed by atoms with E-state index in [4.69, 9.17) is 5.73 Å². The van der Waals surface area contributed by atoms with Gasteiger partial charge in [0.1, 0.15) is 5.82 Å². The Bertz CT molecular complexity index is 612. The summed E-state index contributed by atoms with van der Waals surface area (Å²) in [6.45, 7) is 3.82. The lowest BCUT2D eigenvalue weighted by Crippen LogP contribution is -2.00. The van der Waals surface area contributed by atoms with Gasteiger partial charge in [0, 0.05) is 23.4 Å². The molecule has 2 aromatic rings. The smallest absolute Gasteiger partial charge is 0.264 e. The summed E-state index contributed by atoms with van der Waals surface area (Å²) in [5.41, 5.74) is 5.32. The van der Waals surface area contributed by atoms with Gasteiger partial charge in [0.25, 0.3) is 6.43 Å². The van der Waals surface area contributed by atoms with Crippen molar-refractivity contribution in [3.05, 3.63) is 35.9 Å². The first-order chi connectivity index (χ1) is 10.3. The van der Waals surface area contributed by atoms with Crippen molar-refractivity contribution in [1.82, 2.24) is 9.78 Å². The van der Waals surface area contributed by atoms with E-state index in [0.717, 1.165) is 12.1 Å². The van der Waals surface area contributed by atoms with Gasteiger partial charge in [-0.15, -0.1) is 0 Å². The monoisotopic (exact) mass is 331 g/mol. The maximum Gasteiger partial charge on any atom is 0.264 e. The molecule has 0 spiro atoms. The molecule has 1 aromatic carbocycles. The highest BCUT2D eigenvalue weighted by Gasteiger charge is 2.18. The van der Waals surface area contributed by atoms with Crippen LogP contribution in [0.25, 0.3) is 11.1 Å². The van der Waals surface area contributed by atoms with Crippen LogP contribution in [0.15, 0.2) is 24.5 Å². The van der Waals surface area contributed by atoms with Gasteiger partial charge in [-0.2, -0.15) is 16.9 Å². The van der Waals surface area contributed by atoms with Crippen LogP contribution in [0.5, 0.6) is 0 Å². The normalized spacial score (nSPS) is 10.8. The van der Waals surface area contributed by atoms with Gasteiger partial charge in [0.05, 0.1) is 11.9 Å². The molecule has 7 heteroatoms. The van der Waals surface area contributed by atoms with Crippen LogP contribution in [0.4, 0.5) is 18.9 Å². The minimum absolute atomic E-state index is 0.0994. The topological polar surface area (TPSA) is 43.8 Å². The van der Waals surface area contributed by atoms with Gasteiger partial charge in [-0.05, 0) is 44.1 Å². The summed E-state index contributed by atoms with van der Waals surface area (Å²) in [7, 11) is 0. The summed E-state index contributed by atoms with van der Waals surface area (Å²) >= 11 is 1.75. The SMILES string of the molecule is CC(C)n1cc(-c2cc(F)c(N)cc2C(F)F)cn1.CSC. The van der Waals surface area contributed by atoms with Crippen LogP contribution in [-0.2, 0) is 0 Å². The molecule has 0 radical (unpaired) electrons. The van der Waals surface area contributed by atoms with Gasteiger partial charge < -0.3 is 5.73 Å². The summed E-state index contributed by atoms with van der Waals surface area (Å²) in [4.78, 5) is 0. The number of benzene rings is 1. The molecule has 0 atom stereocenters. The fourth-order valence-corrected chi connectivity index (χ4v) is 1.80. The molecule has 0 bridgehead atoms. The van der Waals surface area contributed by atoms with Crippen molar-refractivity contribution >= 4 is 17.4 Å². The maximum absolute atomic E-state index is 13.5. The summed E-state index contributed by atoms with van der Waals surface area (Å²) in [6, 6.07) is 2.10. The molecule has 1 heterocycles. The third-order valence-corrected chi connectivity index (χ3v) is 2.85. The number of nitrogens with two attached hydrogens (primary N) is 1. The Hall–Kier alpha value is -1.63. The van der Waals surface area contributed by atoms with Gasteiger partial charge in [0.2, 0.25) is 0 Å². The summed E-state index contributed by atoms with van der Waals surface area (Å²) < 4.78 is 41.1. The van der Waals surface area contributed by atoms with E-state index in [9.17, 15) is 13.2 Å². The Morgan fingerprint density at radius 2 is 1.82 bits per heavy atom. The van der Waals surface area contributed by atoms with Gasteiger partial charge in [-0.3, -0.25) is 4.68 Å². The predicted octanol–water partition coefficient (Wildman–Crippen LogP) is 4.77. The van der Waals surface area contributed by atoms with Crippen LogP contribution in [0.3, 0.4) is 0 Å². The molecule has 22 heavy (non-hydrogen) atoms. The van der Waals surface area contributed by atoms with Gasteiger partial charge >= 0.3 is 0 Å². The zero-order valence-electron chi connectivity index (χ0n) is 13.0. The zero-order chi connectivity index (χ0) is 16.9. The molecular weight excluding hydrogens is 311 g/mol. The van der Waals surface area contributed by atoms with Crippen molar-refractivity contribution in [2.75, 3.05) is 18.2 Å². The molecular formula is C15H20F3N3S. The molecule has 2 N–H and O–H groups in total. The van der Waals surface area contributed by atoms with Crippen molar-refractivity contribution in [3.8, 4) is 11.1 Å². The van der Waals surface area contributed by atoms with Gasteiger partial charge in [-0.1, -0.05) is 0 Å². The number of nitrogens with zero attached hydrogens (tertiary/aromatic N) is 2. The Labute approximate surface area is 132 Å². The minimum Gasteiger partial charge on any atom is -0.396 e. The Morgan fingerprint density at radius 1 is 1.23 bits per heavy atom. The zero-order valence-corrected chi connectivity index (χ0v) is 13.8. The molecule has 0 amide bonds. The second-order valence-corrected chi connectivity index (χ2v) is 5.79. The van der Waals surface area contributed by atoms with Crippen LogP contribution in [0.1, 0.15) is 31.9 Å². The van der Waals surface area contributed by atoms with E-state index in [0.29, 0.717) is 5.56 Å². The fourth-order valence-electron chi connectivity index (χ4n) is 1.80. The van der Waals surface area contributed by atoms with Crippen molar-refractivity contribution in [2.24, 2.45) is 0 Å². The first-order valence-electron chi connectivity index (χ1n) is 6.63. The number of anilines is 1. The molecule has 0 fully saturated rings. The minimum atomic E-state index is -2.72. The highest BCUT2D eigenvalue weighted by Crippen LogP contribution is 2.34. The highest BCUT2D eigenvalue weighted by atomic mass is 32.2. The number of aromatic nitrogens is 2. The van der Waals surface area contributed by atoms with Crippen LogP contribution in [0.2, 0.25) is 0 Å². The van der Waals surface area contributed by atoms with E-state index < -0.39 is 12.2 Å². The number of hydrogen-bond acceptors (Lipinski definition) is 3. The van der Waals surface area contributed by atoms with Crippen LogP contribution in [-0.4, -0.2) is 22.3 Å². The fraction of sp³-hybridized carbons (Fsp3) is 0.400.